The van der Waals surface area contributed by atoms with Gasteiger partial charge in [-0.05, 0) is 34.9 Å². The normalized spacial score (nSPS) is 14.9. The lowest BCUT2D eigenvalue weighted by atomic mass is 9.98. The zero-order valence-corrected chi connectivity index (χ0v) is 14.4. The van der Waals surface area contributed by atoms with Crippen molar-refractivity contribution in [3.8, 4) is 11.4 Å². The second-order valence-corrected chi connectivity index (χ2v) is 6.60. The van der Waals surface area contributed by atoms with Crippen molar-refractivity contribution in [1.82, 2.24) is 20.2 Å². The largest absolute Gasteiger partial charge is 0.416 e. The van der Waals surface area contributed by atoms with Gasteiger partial charge in [0.1, 0.15) is 0 Å². The van der Waals surface area contributed by atoms with Crippen LogP contribution >= 0.6 is 0 Å². The molecule has 3 aromatic rings. The lowest BCUT2D eigenvalue weighted by Gasteiger charge is -2.24. The van der Waals surface area contributed by atoms with Gasteiger partial charge in [-0.3, -0.25) is 0 Å². The summed E-state index contributed by atoms with van der Waals surface area (Å²) in [6.07, 6.45) is -3.84. The summed E-state index contributed by atoms with van der Waals surface area (Å²) in [6, 6.07) is 12.8. The van der Waals surface area contributed by atoms with E-state index in [1.807, 2.05) is 24.3 Å². The highest BCUT2D eigenvalue weighted by Crippen LogP contribution is 2.30. The topological polar surface area (TPSA) is 52.8 Å². The van der Waals surface area contributed by atoms with Crippen LogP contribution in [0, 0.1) is 5.92 Å². The standard InChI is InChI=1S/C19H17F3N4O/c20-19(21,22)16-7-5-13(6-8-16)9-15-3-1-2-4-17(15)18-23-25-26(24-18)10-14-11-27-12-14/h1-8,14H,9-12H2. The Morgan fingerprint density at radius 3 is 2.44 bits per heavy atom. The molecule has 0 aliphatic carbocycles. The van der Waals surface area contributed by atoms with Gasteiger partial charge in [0.15, 0.2) is 0 Å². The van der Waals surface area contributed by atoms with Gasteiger partial charge in [0.2, 0.25) is 5.82 Å². The van der Waals surface area contributed by atoms with Crippen molar-refractivity contribution >= 4 is 0 Å². The Morgan fingerprint density at radius 1 is 1.04 bits per heavy atom. The van der Waals surface area contributed by atoms with Gasteiger partial charge in [-0.2, -0.15) is 18.0 Å². The fourth-order valence-corrected chi connectivity index (χ4v) is 2.97. The first-order valence-electron chi connectivity index (χ1n) is 8.59. The molecule has 1 aliphatic rings. The number of aromatic nitrogens is 4. The van der Waals surface area contributed by atoms with Crippen LogP contribution in [0.5, 0.6) is 0 Å². The molecule has 1 aliphatic heterocycles. The van der Waals surface area contributed by atoms with E-state index in [2.05, 4.69) is 15.4 Å². The Kier molecular flexibility index (Phi) is 4.65. The monoisotopic (exact) mass is 374 g/mol. The smallest absolute Gasteiger partial charge is 0.381 e. The number of rotatable bonds is 5. The molecule has 0 bridgehead atoms. The molecule has 2 heterocycles. The van der Waals surface area contributed by atoms with Gasteiger partial charge in [-0.25, -0.2) is 0 Å². The average Bonchev–Trinajstić information content (AvgIpc) is 3.07. The molecule has 1 fully saturated rings. The van der Waals surface area contributed by atoms with Crippen molar-refractivity contribution < 1.29 is 17.9 Å². The van der Waals surface area contributed by atoms with Crippen LogP contribution in [-0.4, -0.2) is 33.4 Å². The highest BCUT2D eigenvalue weighted by atomic mass is 19.4. The zero-order valence-electron chi connectivity index (χ0n) is 14.4. The second kappa shape index (κ2) is 7.11. The minimum atomic E-state index is -4.33. The third-order valence-corrected chi connectivity index (χ3v) is 4.52. The van der Waals surface area contributed by atoms with Gasteiger partial charge in [0, 0.05) is 11.5 Å². The van der Waals surface area contributed by atoms with Crippen LogP contribution < -0.4 is 0 Å². The number of benzene rings is 2. The van der Waals surface area contributed by atoms with E-state index in [1.165, 1.54) is 12.1 Å². The average molecular weight is 374 g/mol. The predicted molar refractivity (Wildman–Crippen MR) is 91.8 cm³/mol. The Morgan fingerprint density at radius 2 is 1.78 bits per heavy atom. The van der Waals surface area contributed by atoms with E-state index in [9.17, 15) is 13.2 Å². The molecule has 0 amide bonds. The summed E-state index contributed by atoms with van der Waals surface area (Å²) < 4.78 is 43.3. The molecule has 2 aromatic carbocycles. The molecular weight excluding hydrogens is 357 g/mol. The minimum absolute atomic E-state index is 0.412. The van der Waals surface area contributed by atoms with E-state index < -0.39 is 11.7 Å². The van der Waals surface area contributed by atoms with Crippen LogP contribution in [0.2, 0.25) is 0 Å². The molecule has 0 atom stereocenters. The number of alkyl halides is 3. The van der Waals surface area contributed by atoms with Crippen LogP contribution in [0.15, 0.2) is 48.5 Å². The number of nitrogens with zero attached hydrogens (tertiary/aromatic N) is 4. The highest BCUT2D eigenvalue weighted by molar-refractivity contribution is 5.60. The Hall–Kier alpha value is -2.74. The third-order valence-electron chi connectivity index (χ3n) is 4.52. The van der Waals surface area contributed by atoms with Crippen LogP contribution in [0.4, 0.5) is 13.2 Å². The van der Waals surface area contributed by atoms with Crippen LogP contribution in [0.25, 0.3) is 11.4 Å². The summed E-state index contributed by atoms with van der Waals surface area (Å²) in [4.78, 5) is 1.57. The number of hydrogen-bond donors (Lipinski definition) is 0. The molecule has 8 heteroatoms. The maximum atomic E-state index is 12.7. The van der Waals surface area contributed by atoms with Crippen molar-refractivity contribution in [2.24, 2.45) is 5.92 Å². The summed E-state index contributed by atoms with van der Waals surface area (Å²) >= 11 is 0. The first-order valence-corrected chi connectivity index (χ1v) is 8.59. The molecule has 0 spiro atoms. The summed E-state index contributed by atoms with van der Waals surface area (Å²) in [5, 5.41) is 12.7. The lowest BCUT2D eigenvalue weighted by molar-refractivity contribution is -0.137. The van der Waals surface area contributed by atoms with E-state index in [0.29, 0.717) is 37.9 Å². The SMILES string of the molecule is FC(F)(F)c1ccc(Cc2ccccc2-c2nnn(CC3COC3)n2)cc1. The minimum Gasteiger partial charge on any atom is -0.381 e. The number of halogens is 3. The Bertz CT molecular complexity index is 917. The lowest BCUT2D eigenvalue weighted by Crippen LogP contribution is -2.32. The van der Waals surface area contributed by atoms with E-state index in [0.717, 1.165) is 28.8 Å². The van der Waals surface area contributed by atoms with Crippen molar-refractivity contribution in [2.45, 2.75) is 19.1 Å². The van der Waals surface area contributed by atoms with Gasteiger partial charge in [-0.1, -0.05) is 36.4 Å². The molecule has 0 N–H and O–H groups in total. The summed E-state index contributed by atoms with van der Waals surface area (Å²) in [6.45, 7) is 2.08. The molecule has 0 unspecified atom stereocenters. The van der Waals surface area contributed by atoms with Gasteiger partial charge in [0.05, 0.1) is 25.3 Å². The van der Waals surface area contributed by atoms with Gasteiger partial charge in [0.25, 0.3) is 0 Å². The fourth-order valence-electron chi connectivity index (χ4n) is 2.97. The van der Waals surface area contributed by atoms with Gasteiger partial charge >= 0.3 is 6.18 Å². The van der Waals surface area contributed by atoms with E-state index in [1.54, 1.807) is 4.80 Å². The molecule has 5 nitrogen and oxygen atoms in total. The van der Waals surface area contributed by atoms with Gasteiger partial charge < -0.3 is 4.74 Å². The molecule has 1 saturated heterocycles. The molecular formula is C19H17F3N4O. The summed E-state index contributed by atoms with van der Waals surface area (Å²) in [5.41, 5.74) is 1.90. The van der Waals surface area contributed by atoms with Crippen molar-refractivity contribution in [3.05, 3.63) is 65.2 Å². The molecule has 0 radical (unpaired) electrons. The van der Waals surface area contributed by atoms with Crippen molar-refractivity contribution in [2.75, 3.05) is 13.2 Å². The quantitative estimate of drug-likeness (QED) is 0.685. The summed E-state index contributed by atoms with van der Waals surface area (Å²) in [5.74, 6) is 0.923. The Balaban J connectivity index is 1.54. The number of tetrazole rings is 1. The second-order valence-electron chi connectivity index (χ2n) is 6.60. The van der Waals surface area contributed by atoms with Gasteiger partial charge in [-0.15, -0.1) is 10.2 Å². The van der Waals surface area contributed by atoms with E-state index >= 15 is 0 Å². The zero-order chi connectivity index (χ0) is 18.9. The highest BCUT2D eigenvalue weighted by Gasteiger charge is 2.30. The Labute approximate surface area is 153 Å². The third kappa shape index (κ3) is 4.00. The van der Waals surface area contributed by atoms with Crippen LogP contribution in [0.3, 0.4) is 0 Å². The fraction of sp³-hybridized carbons (Fsp3) is 0.316. The van der Waals surface area contributed by atoms with E-state index in [4.69, 9.17) is 4.74 Å². The predicted octanol–water partition coefficient (Wildman–Crippen LogP) is 3.60. The van der Waals surface area contributed by atoms with Crippen molar-refractivity contribution in [3.63, 3.8) is 0 Å². The van der Waals surface area contributed by atoms with Crippen molar-refractivity contribution in [1.29, 1.82) is 0 Å². The maximum Gasteiger partial charge on any atom is 0.416 e. The molecule has 1 aromatic heterocycles. The first-order chi connectivity index (χ1) is 13.0. The first kappa shape index (κ1) is 17.7. The maximum absolute atomic E-state index is 12.7. The summed E-state index contributed by atoms with van der Waals surface area (Å²) in [7, 11) is 0. The molecule has 140 valence electrons. The molecule has 27 heavy (non-hydrogen) atoms. The molecule has 4 rings (SSSR count). The van der Waals surface area contributed by atoms with Crippen LogP contribution in [0.1, 0.15) is 16.7 Å². The number of ether oxygens (including phenoxy) is 1. The number of hydrogen-bond acceptors (Lipinski definition) is 4. The molecule has 0 saturated carbocycles. The van der Waals surface area contributed by atoms with Crippen LogP contribution in [-0.2, 0) is 23.9 Å². The van der Waals surface area contributed by atoms with E-state index in [-0.39, 0.29) is 0 Å².